The van der Waals surface area contributed by atoms with Gasteiger partial charge >= 0.3 is 0 Å². The highest BCUT2D eigenvalue weighted by Gasteiger charge is 2.26. The van der Waals surface area contributed by atoms with Crippen LogP contribution in [0.2, 0.25) is 0 Å². The van der Waals surface area contributed by atoms with E-state index in [0.29, 0.717) is 12.0 Å². The van der Waals surface area contributed by atoms with E-state index in [2.05, 4.69) is 53.9 Å². The molecule has 1 unspecified atom stereocenters. The van der Waals surface area contributed by atoms with E-state index in [1.165, 1.54) is 11.1 Å². The maximum atomic E-state index is 3.56. The first-order chi connectivity index (χ1) is 6.95. The molecule has 1 nitrogen and oxygen atoms in total. The molecule has 1 heteroatoms. The first kappa shape index (κ1) is 8.01. The van der Waals surface area contributed by atoms with Crippen molar-refractivity contribution in [3.05, 3.63) is 59.7 Å². The first-order valence-corrected chi connectivity index (χ1v) is 5.11. The van der Waals surface area contributed by atoms with Gasteiger partial charge in [-0.1, -0.05) is 48.6 Å². The maximum absolute atomic E-state index is 3.56. The standard InChI is InChI=1S/C13H13N/c1-2-6-10(5-1)13-12-8-4-3-7-11(12)9-14-13/h1-8,10,13-14H,9H2. The lowest BCUT2D eigenvalue weighted by Crippen LogP contribution is -2.18. The van der Waals surface area contributed by atoms with Gasteiger partial charge < -0.3 is 5.32 Å². The molecule has 0 radical (unpaired) electrons. The van der Waals surface area contributed by atoms with Crippen LogP contribution in [-0.2, 0) is 6.54 Å². The van der Waals surface area contributed by atoms with Gasteiger partial charge in [0.1, 0.15) is 0 Å². The molecule has 0 amide bonds. The van der Waals surface area contributed by atoms with Gasteiger partial charge in [-0.05, 0) is 11.1 Å². The van der Waals surface area contributed by atoms with E-state index < -0.39 is 0 Å². The molecule has 0 saturated carbocycles. The van der Waals surface area contributed by atoms with Gasteiger partial charge in [-0.25, -0.2) is 0 Å². The SMILES string of the molecule is C1=CC(C2NCc3ccccc32)C=C1. The van der Waals surface area contributed by atoms with Crippen molar-refractivity contribution in [2.24, 2.45) is 5.92 Å². The average molecular weight is 183 g/mol. The second-order valence-corrected chi connectivity index (χ2v) is 3.90. The summed E-state index contributed by atoms with van der Waals surface area (Å²) in [6.45, 7) is 1.01. The summed E-state index contributed by atoms with van der Waals surface area (Å²) in [5.41, 5.74) is 2.92. The summed E-state index contributed by atoms with van der Waals surface area (Å²) in [6, 6.07) is 9.18. The summed E-state index contributed by atoms with van der Waals surface area (Å²) in [7, 11) is 0. The molecule has 1 N–H and O–H groups in total. The minimum absolute atomic E-state index is 0.487. The molecular formula is C13H13N. The minimum atomic E-state index is 0.487. The van der Waals surface area contributed by atoms with E-state index in [0.717, 1.165) is 6.54 Å². The Labute approximate surface area is 84.1 Å². The van der Waals surface area contributed by atoms with E-state index in [1.54, 1.807) is 0 Å². The molecule has 1 aliphatic carbocycles. The van der Waals surface area contributed by atoms with Gasteiger partial charge in [0.25, 0.3) is 0 Å². The zero-order valence-corrected chi connectivity index (χ0v) is 7.98. The van der Waals surface area contributed by atoms with Gasteiger partial charge in [-0.3, -0.25) is 0 Å². The molecule has 0 aromatic heterocycles. The van der Waals surface area contributed by atoms with Crippen LogP contribution >= 0.6 is 0 Å². The summed E-state index contributed by atoms with van der Waals surface area (Å²) >= 11 is 0. The minimum Gasteiger partial charge on any atom is -0.305 e. The monoisotopic (exact) mass is 183 g/mol. The molecule has 0 bridgehead atoms. The predicted molar refractivity (Wildman–Crippen MR) is 57.8 cm³/mol. The van der Waals surface area contributed by atoms with Crippen LogP contribution < -0.4 is 5.32 Å². The second-order valence-electron chi connectivity index (χ2n) is 3.90. The highest BCUT2D eigenvalue weighted by atomic mass is 14.9. The van der Waals surface area contributed by atoms with Gasteiger partial charge in [0.15, 0.2) is 0 Å². The molecule has 1 heterocycles. The molecule has 2 aliphatic rings. The molecule has 14 heavy (non-hydrogen) atoms. The van der Waals surface area contributed by atoms with Crippen molar-refractivity contribution in [2.45, 2.75) is 12.6 Å². The lowest BCUT2D eigenvalue weighted by Gasteiger charge is -2.16. The van der Waals surface area contributed by atoms with Crippen molar-refractivity contribution in [1.29, 1.82) is 0 Å². The van der Waals surface area contributed by atoms with Crippen LogP contribution in [0.1, 0.15) is 17.2 Å². The van der Waals surface area contributed by atoms with Crippen LogP contribution in [0.25, 0.3) is 0 Å². The topological polar surface area (TPSA) is 12.0 Å². The molecule has 0 fully saturated rings. The first-order valence-electron chi connectivity index (χ1n) is 5.11. The fourth-order valence-corrected chi connectivity index (χ4v) is 2.34. The molecule has 0 saturated heterocycles. The lowest BCUT2D eigenvalue weighted by atomic mass is 9.94. The molecule has 1 aromatic rings. The summed E-state index contributed by atoms with van der Waals surface area (Å²) in [5, 5.41) is 3.56. The Hall–Kier alpha value is -1.34. The Morgan fingerprint density at radius 3 is 2.71 bits per heavy atom. The van der Waals surface area contributed by atoms with Crippen molar-refractivity contribution in [3.8, 4) is 0 Å². The Morgan fingerprint density at radius 1 is 1.07 bits per heavy atom. The van der Waals surface area contributed by atoms with E-state index in [9.17, 15) is 0 Å². The van der Waals surface area contributed by atoms with Crippen molar-refractivity contribution in [1.82, 2.24) is 5.32 Å². The smallest absolute Gasteiger partial charge is 0.0424 e. The third-order valence-corrected chi connectivity index (χ3v) is 3.07. The van der Waals surface area contributed by atoms with Gasteiger partial charge in [-0.15, -0.1) is 0 Å². The number of benzene rings is 1. The summed E-state index contributed by atoms with van der Waals surface area (Å²) in [6.07, 6.45) is 8.79. The zero-order chi connectivity index (χ0) is 9.38. The third-order valence-electron chi connectivity index (χ3n) is 3.07. The second kappa shape index (κ2) is 3.10. The third kappa shape index (κ3) is 1.13. The van der Waals surface area contributed by atoms with Crippen molar-refractivity contribution >= 4 is 0 Å². The van der Waals surface area contributed by atoms with Crippen LogP contribution in [0, 0.1) is 5.92 Å². The van der Waals surface area contributed by atoms with E-state index in [1.807, 2.05) is 0 Å². The van der Waals surface area contributed by atoms with E-state index in [-0.39, 0.29) is 0 Å². The number of rotatable bonds is 1. The summed E-state index contributed by atoms with van der Waals surface area (Å²) < 4.78 is 0. The Balaban J connectivity index is 1.97. The van der Waals surface area contributed by atoms with Gasteiger partial charge in [0, 0.05) is 18.5 Å². The van der Waals surface area contributed by atoms with Crippen LogP contribution in [0.15, 0.2) is 48.6 Å². The predicted octanol–water partition coefficient (Wildman–Crippen LogP) is 2.57. The molecule has 1 aromatic carbocycles. The molecule has 0 spiro atoms. The van der Waals surface area contributed by atoms with Crippen LogP contribution in [0.5, 0.6) is 0 Å². The van der Waals surface area contributed by atoms with Gasteiger partial charge in [-0.2, -0.15) is 0 Å². The quantitative estimate of drug-likeness (QED) is 0.705. The van der Waals surface area contributed by atoms with Crippen LogP contribution in [-0.4, -0.2) is 0 Å². The number of fused-ring (bicyclic) bond motifs is 1. The van der Waals surface area contributed by atoms with Crippen molar-refractivity contribution in [3.63, 3.8) is 0 Å². The van der Waals surface area contributed by atoms with Crippen molar-refractivity contribution in [2.75, 3.05) is 0 Å². The fourth-order valence-electron chi connectivity index (χ4n) is 2.34. The molecule has 3 rings (SSSR count). The highest BCUT2D eigenvalue weighted by molar-refractivity contribution is 5.37. The molecule has 1 aliphatic heterocycles. The normalized spacial score (nSPS) is 24.4. The molecular weight excluding hydrogens is 170 g/mol. The summed E-state index contributed by atoms with van der Waals surface area (Å²) in [5.74, 6) is 0.540. The largest absolute Gasteiger partial charge is 0.305 e. The maximum Gasteiger partial charge on any atom is 0.0424 e. The number of nitrogens with one attached hydrogen (secondary N) is 1. The van der Waals surface area contributed by atoms with Crippen molar-refractivity contribution < 1.29 is 0 Å². The zero-order valence-electron chi connectivity index (χ0n) is 7.98. The fraction of sp³-hybridized carbons (Fsp3) is 0.231. The number of hydrogen-bond acceptors (Lipinski definition) is 1. The Morgan fingerprint density at radius 2 is 1.86 bits per heavy atom. The van der Waals surface area contributed by atoms with E-state index >= 15 is 0 Å². The lowest BCUT2D eigenvalue weighted by molar-refractivity contribution is 0.517. The number of allylic oxidation sites excluding steroid dienone is 2. The Bertz CT molecular complexity index is 391. The van der Waals surface area contributed by atoms with Gasteiger partial charge in [0.05, 0.1) is 0 Å². The Kier molecular flexibility index (Phi) is 1.78. The molecule has 1 atom stereocenters. The summed E-state index contributed by atoms with van der Waals surface area (Å²) in [4.78, 5) is 0. The van der Waals surface area contributed by atoms with E-state index in [4.69, 9.17) is 0 Å². The highest BCUT2D eigenvalue weighted by Crippen LogP contribution is 2.33. The average Bonchev–Trinajstić information content (AvgIpc) is 2.85. The molecule has 70 valence electrons. The van der Waals surface area contributed by atoms with Gasteiger partial charge in [0.2, 0.25) is 0 Å². The number of hydrogen-bond donors (Lipinski definition) is 1. The van der Waals surface area contributed by atoms with Crippen LogP contribution in [0.3, 0.4) is 0 Å². The van der Waals surface area contributed by atoms with Crippen LogP contribution in [0.4, 0.5) is 0 Å².